The van der Waals surface area contributed by atoms with Gasteiger partial charge in [0.15, 0.2) is 5.69 Å². The topological polar surface area (TPSA) is 121 Å². The smallest absolute Gasteiger partial charge is 0.357 e. The fourth-order valence-electron chi connectivity index (χ4n) is 2.92. The number of ether oxygens (including phenoxy) is 1. The summed E-state index contributed by atoms with van der Waals surface area (Å²) in [6.07, 6.45) is 9.73. The van der Waals surface area contributed by atoms with Crippen molar-refractivity contribution in [3.63, 3.8) is 0 Å². The number of hydrogen-bond acceptors (Lipinski definition) is 7. The lowest BCUT2D eigenvalue weighted by Crippen LogP contribution is -2.17. The van der Waals surface area contributed by atoms with Gasteiger partial charge in [-0.15, -0.1) is 0 Å². The van der Waals surface area contributed by atoms with Crippen LogP contribution in [-0.4, -0.2) is 38.4 Å². The zero-order chi connectivity index (χ0) is 21.7. The summed E-state index contributed by atoms with van der Waals surface area (Å²) in [7, 11) is 0. The molecule has 2 heterocycles. The lowest BCUT2D eigenvalue weighted by molar-refractivity contribution is 0.0517. The van der Waals surface area contributed by atoms with E-state index in [2.05, 4.69) is 19.9 Å². The molecule has 160 valence electrons. The van der Waals surface area contributed by atoms with Crippen molar-refractivity contribution in [3.05, 3.63) is 45.5 Å². The van der Waals surface area contributed by atoms with Crippen LogP contribution in [0.5, 0.6) is 0 Å². The minimum atomic E-state index is -0.537. The minimum Gasteiger partial charge on any atom is -0.461 e. The molecule has 2 aliphatic rings. The van der Waals surface area contributed by atoms with Gasteiger partial charge in [-0.25, -0.2) is 24.7 Å². The lowest BCUT2D eigenvalue weighted by Gasteiger charge is -2.06. The Morgan fingerprint density at radius 1 is 0.967 bits per heavy atom. The number of carbonyl (C=O) groups excluding carboxylic acids is 2. The van der Waals surface area contributed by atoms with Gasteiger partial charge in [-0.2, -0.15) is 0 Å². The first kappa shape index (κ1) is 22.4. The first-order valence-corrected chi connectivity index (χ1v) is 10.6. The maximum absolute atomic E-state index is 11.6. The second-order valence-corrected chi connectivity index (χ2v) is 8.08. The van der Waals surface area contributed by atoms with Crippen LogP contribution in [-0.2, 0) is 17.6 Å². The maximum Gasteiger partial charge on any atom is 0.357 e. The Kier molecular flexibility index (Phi) is 7.55. The van der Waals surface area contributed by atoms with E-state index in [9.17, 15) is 9.59 Å². The van der Waals surface area contributed by atoms with Crippen molar-refractivity contribution in [2.24, 2.45) is 17.6 Å². The Morgan fingerprint density at radius 2 is 1.43 bits per heavy atom. The van der Waals surface area contributed by atoms with Crippen LogP contribution >= 0.6 is 23.2 Å². The van der Waals surface area contributed by atoms with Crippen LogP contribution in [0.4, 0.5) is 0 Å². The van der Waals surface area contributed by atoms with E-state index in [0.29, 0.717) is 24.1 Å². The summed E-state index contributed by atoms with van der Waals surface area (Å²) in [5, 5.41) is 0.154. The molecule has 0 radical (unpaired) electrons. The van der Waals surface area contributed by atoms with E-state index < -0.39 is 11.9 Å². The monoisotopic (exact) mass is 451 g/mol. The molecule has 10 heteroatoms. The molecule has 0 aliphatic heterocycles. The molecule has 2 saturated carbocycles. The normalized spacial score (nSPS) is 15.2. The molecule has 2 aromatic heterocycles. The van der Waals surface area contributed by atoms with Crippen molar-refractivity contribution in [3.8, 4) is 0 Å². The number of esters is 1. The van der Waals surface area contributed by atoms with Gasteiger partial charge in [-0.1, -0.05) is 0 Å². The van der Waals surface area contributed by atoms with Gasteiger partial charge in [0, 0.05) is 23.5 Å². The Labute approximate surface area is 184 Å². The van der Waals surface area contributed by atoms with Crippen molar-refractivity contribution < 1.29 is 14.3 Å². The number of amides is 1. The van der Waals surface area contributed by atoms with E-state index in [0.717, 1.165) is 24.0 Å². The molecule has 30 heavy (non-hydrogen) atoms. The van der Waals surface area contributed by atoms with Crippen molar-refractivity contribution in [1.82, 2.24) is 19.9 Å². The third-order valence-corrected chi connectivity index (χ3v) is 5.15. The number of hydrogen-bond donors (Lipinski definition) is 1. The van der Waals surface area contributed by atoms with Gasteiger partial charge >= 0.3 is 5.97 Å². The molecule has 2 fully saturated rings. The third-order valence-electron chi connectivity index (χ3n) is 4.78. The fraction of sp³-hybridized carbons (Fsp3) is 0.500. The van der Waals surface area contributed by atoms with Crippen LogP contribution in [0.2, 0.25) is 10.6 Å². The summed E-state index contributed by atoms with van der Waals surface area (Å²) in [4.78, 5) is 38.2. The highest BCUT2D eigenvalue weighted by Gasteiger charge is 2.26. The van der Waals surface area contributed by atoms with Crippen LogP contribution in [0.15, 0.2) is 12.4 Å². The van der Waals surface area contributed by atoms with Crippen molar-refractivity contribution >= 4 is 35.1 Å². The molecule has 2 N–H and O–H groups in total. The third kappa shape index (κ3) is 6.60. The van der Waals surface area contributed by atoms with Gasteiger partial charge in [0.25, 0.3) is 5.91 Å². The quantitative estimate of drug-likeness (QED) is 0.505. The van der Waals surface area contributed by atoms with Crippen molar-refractivity contribution in [2.75, 3.05) is 6.61 Å². The number of primary amides is 1. The maximum atomic E-state index is 11.6. The number of halogens is 2. The molecule has 4 rings (SSSR count). The Balaban J connectivity index is 0.000000172. The standard InChI is InChI=1S/C11H13ClN2O2.C9H10ClN3O/c1-2-16-10(15)9-8(5-7-3-4-7)6-13-11(12)14-9;10-9-12-4-6(3-5-1-2-5)7(13-9)8(11)14/h6-7H,2-5H2,1H3;4-5H,1-3H2,(H2,11,14). The highest BCUT2D eigenvalue weighted by Crippen LogP contribution is 2.34. The van der Waals surface area contributed by atoms with Gasteiger partial charge in [-0.05, 0) is 80.5 Å². The summed E-state index contributed by atoms with van der Waals surface area (Å²) in [6, 6.07) is 0. The highest BCUT2D eigenvalue weighted by atomic mass is 35.5. The lowest BCUT2D eigenvalue weighted by atomic mass is 10.1. The number of nitrogens with zero attached hydrogens (tertiary/aromatic N) is 4. The molecule has 2 aliphatic carbocycles. The molecule has 0 bridgehead atoms. The van der Waals surface area contributed by atoms with E-state index in [1.165, 1.54) is 25.7 Å². The second-order valence-electron chi connectivity index (χ2n) is 7.41. The number of rotatable bonds is 7. The number of aromatic nitrogens is 4. The molecule has 0 unspecified atom stereocenters. The van der Waals surface area contributed by atoms with E-state index in [1.54, 1.807) is 19.3 Å². The second kappa shape index (κ2) is 10.1. The Morgan fingerprint density at radius 3 is 1.87 bits per heavy atom. The van der Waals surface area contributed by atoms with E-state index in [1.807, 2.05) is 0 Å². The molecular formula is C20H23Cl2N5O3. The van der Waals surface area contributed by atoms with Crippen LogP contribution < -0.4 is 5.73 Å². The number of nitrogens with two attached hydrogens (primary N) is 1. The van der Waals surface area contributed by atoms with Gasteiger partial charge in [-0.3, -0.25) is 4.79 Å². The molecule has 1 amide bonds. The zero-order valence-electron chi connectivity index (χ0n) is 16.6. The zero-order valence-corrected chi connectivity index (χ0v) is 18.1. The van der Waals surface area contributed by atoms with Crippen LogP contribution in [0.25, 0.3) is 0 Å². The SMILES string of the molecule is CCOC(=O)c1nc(Cl)ncc1CC1CC1.NC(=O)c1nc(Cl)ncc1CC1CC1. The average molecular weight is 452 g/mol. The van der Waals surface area contributed by atoms with Crippen LogP contribution in [0, 0.1) is 11.8 Å². The van der Waals surface area contributed by atoms with Gasteiger partial charge in [0.05, 0.1) is 6.61 Å². The van der Waals surface area contributed by atoms with Gasteiger partial charge in [0.1, 0.15) is 5.69 Å². The minimum absolute atomic E-state index is 0.0679. The summed E-state index contributed by atoms with van der Waals surface area (Å²) in [5.74, 6) is 0.378. The predicted molar refractivity (Wildman–Crippen MR) is 111 cm³/mol. The molecule has 0 saturated heterocycles. The summed E-state index contributed by atoms with van der Waals surface area (Å²) in [6.45, 7) is 2.10. The van der Waals surface area contributed by atoms with Crippen LogP contribution in [0.1, 0.15) is 64.7 Å². The average Bonchev–Trinajstić information content (AvgIpc) is 3.62. The first-order valence-electron chi connectivity index (χ1n) is 9.87. The molecule has 0 spiro atoms. The molecular weight excluding hydrogens is 429 g/mol. The Bertz CT molecular complexity index is 933. The fourth-order valence-corrected chi connectivity index (χ4v) is 3.19. The van der Waals surface area contributed by atoms with Crippen molar-refractivity contribution in [2.45, 2.75) is 45.4 Å². The van der Waals surface area contributed by atoms with Gasteiger partial charge in [0.2, 0.25) is 10.6 Å². The van der Waals surface area contributed by atoms with Gasteiger partial charge < -0.3 is 10.5 Å². The molecule has 0 atom stereocenters. The molecule has 8 nitrogen and oxygen atoms in total. The van der Waals surface area contributed by atoms with E-state index >= 15 is 0 Å². The van der Waals surface area contributed by atoms with E-state index in [-0.39, 0.29) is 16.3 Å². The summed E-state index contributed by atoms with van der Waals surface area (Å²) in [5.41, 5.74) is 7.41. The summed E-state index contributed by atoms with van der Waals surface area (Å²) >= 11 is 11.3. The largest absolute Gasteiger partial charge is 0.461 e. The Hall–Kier alpha value is -2.32. The molecule has 2 aromatic rings. The van der Waals surface area contributed by atoms with E-state index in [4.69, 9.17) is 33.7 Å². The summed E-state index contributed by atoms with van der Waals surface area (Å²) < 4.78 is 4.94. The van der Waals surface area contributed by atoms with Crippen molar-refractivity contribution in [1.29, 1.82) is 0 Å². The molecule has 0 aromatic carbocycles. The highest BCUT2D eigenvalue weighted by molar-refractivity contribution is 6.28. The number of carbonyl (C=O) groups is 2. The van der Waals surface area contributed by atoms with Crippen LogP contribution in [0.3, 0.4) is 0 Å². The predicted octanol–water partition coefficient (Wildman–Crippen LogP) is 3.44. The first-order chi connectivity index (χ1) is 14.4.